The van der Waals surface area contributed by atoms with Crippen LogP contribution in [0.1, 0.15) is 25.7 Å². The van der Waals surface area contributed by atoms with Gasteiger partial charge in [0.25, 0.3) is 10.2 Å². The lowest BCUT2D eigenvalue weighted by Crippen LogP contribution is -2.38. The molecule has 0 radical (unpaired) electrons. The zero-order valence-electron chi connectivity index (χ0n) is 9.57. The van der Waals surface area contributed by atoms with Crippen molar-refractivity contribution in [1.29, 1.82) is 0 Å². The van der Waals surface area contributed by atoms with Crippen LogP contribution >= 0.6 is 0 Å². The van der Waals surface area contributed by atoms with Crippen LogP contribution in [0.4, 0.5) is 13.2 Å². The van der Waals surface area contributed by atoms with Crippen LogP contribution in [0.5, 0.6) is 0 Å². The average Bonchev–Trinajstić information content (AvgIpc) is 2.15. The monoisotopic (exact) mass is 274 g/mol. The molecule has 17 heavy (non-hydrogen) atoms. The zero-order valence-corrected chi connectivity index (χ0v) is 10.4. The minimum Gasteiger partial charge on any atom is -0.216 e. The molecular weight excluding hydrogens is 257 g/mol. The Hall–Kier alpha value is -0.340. The lowest BCUT2D eigenvalue weighted by atomic mass is 9.81. The first-order valence-electron chi connectivity index (χ1n) is 5.41. The highest BCUT2D eigenvalue weighted by atomic mass is 32.2. The second kappa shape index (κ2) is 5.11. The first kappa shape index (κ1) is 14.7. The summed E-state index contributed by atoms with van der Waals surface area (Å²) in [6, 6.07) is 0. The highest BCUT2D eigenvalue weighted by Gasteiger charge is 2.41. The molecule has 8 heteroatoms. The smallest absolute Gasteiger partial charge is 0.216 e. The van der Waals surface area contributed by atoms with Gasteiger partial charge in [0.15, 0.2) is 0 Å². The summed E-state index contributed by atoms with van der Waals surface area (Å²) in [5.74, 6) is -1.27. The second-order valence-corrected chi connectivity index (χ2v) is 6.24. The molecule has 0 heterocycles. The van der Waals surface area contributed by atoms with Crippen molar-refractivity contribution in [3.05, 3.63) is 0 Å². The Morgan fingerprint density at radius 3 is 2.06 bits per heavy atom. The summed E-state index contributed by atoms with van der Waals surface area (Å²) in [5, 5.41) is 4.91. The second-order valence-electron chi connectivity index (χ2n) is 4.58. The summed E-state index contributed by atoms with van der Waals surface area (Å²) in [4.78, 5) is 0. The van der Waals surface area contributed by atoms with E-state index in [1.165, 1.54) is 7.05 Å². The SMILES string of the molecule is CN(CC1CCC(C(F)(F)F)CC1)S(N)(=O)=O. The van der Waals surface area contributed by atoms with E-state index in [4.69, 9.17) is 5.14 Å². The fourth-order valence-electron chi connectivity index (χ4n) is 2.14. The Morgan fingerprint density at radius 1 is 1.24 bits per heavy atom. The zero-order chi connectivity index (χ0) is 13.3. The lowest BCUT2D eigenvalue weighted by molar-refractivity contribution is -0.184. The molecular formula is C9H17F3N2O2S. The van der Waals surface area contributed by atoms with Crippen molar-refractivity contribution in [2.75, 3.05) is 13.6 Å². The maximum atomic E-state index is 12.4. The minimum absolute atomic E-state index is 0.0306. The van der Waals surface area contributed by atoms with Gasteiger partial charge in [-0.15, -0.1) is 0 Å². The van der Waals surface area contributed by atoms with E-state index in [0.717, 1.165) is 4.31 Å². The minimum atomic E-state index is -4.13. The summed E-state index contributed by atoms with van der Waals surface area (Å²) >= 11 is 0. The standard InChI is InChI=1S/C9H17F3N2O2S/c1-14(17(13,15)16)6-7-2-4-8(5-3-7)9(10,11)12/h7-8H,2-6H2,1H3,(H2,13,15,16). The van der Waals surface area contributed by atoms with Gasteiger partial charge in [0.1, 0.15) is 0 Å². The molecule has 4 nitrogen and oxygen atoms in total. The van der Waals surface area contributed by atoms with E-state index in [-0.39, 0.29) is 25.3 Å². The largest absolute Gasteiger partial charge is 0.391 e. The molecule has 0 aromatic carbocycles. The number of rotatable bonds is 3. The number of nitrogens with two attached hydrogens (primary N) is 1. The molecule has 0 amide bonds. The molecule has 1 rings (SSSR count). The Labute approximate surface area is 99.1 Å². The van der Waals surface area contributed by atoms with Gasteiger partial charge in [-0.2, -0.15) is 25.9 Å². The first-order valence-corrected chi connectivity index (χ1v) is 6.92. The fourth-order valence-corrected chi connectivity index (χ4v) is 2.56. The van der Waals surface area contributed by atoms with Crippen LogP contribution in [0, 0.1) is 11.8 Å². The van der Waals surface area contributed by atoms with Crippen molar-refractivity contribution in [2.45, 2.75) is 31.9 Å². The topological polar surface area (TPSA) is 63.4 Å². The van der Waals surface area contributed by atoms with Crippen molar-refractivity contribution < 1.29 is 21.6 Å². The third kappa shape index (κ3) is 4.44. The fraction of sp³-hybridized carbons (Fsp3) is 1.00. The molecule has 0 aromatic rings. The van der Waals surface area contributed by atoms with Crippen molar-refractivity contribution in [3.8, 4) is 0 Å². The van der Waals surface area contributed by atoms with Crippen LogP contribution < -0.4 is 5.14 Å². The first-order chi connectivity index (χ1) is 7.60. The van der Waals surface area contributed by atoms with Crippen molar-refractivity contribution in [3.63, 3.8) is 0 Å². The molecule has 0 aliphatic heterocycles. The van der Waals surface area contributed by atoms with Gasteiger partial charge in [0, 0.05) is 13.6 Å². The molecule has 0 bridgehead atoms. The van der Waals surface area contributed by atoms with Crippen LogP contribution in [0.15, 0.2) is 0 Å². The maximum Gasteiger partial charge on any atom is 0.391 e. The molecule has 2 N–H and O–H groups in total. The Kier molecular flexibility index (Phi) is 4.43. The van der Waals surface area contributed by atoms with Crippen LogP contribution in [0.3, 0.4) is 0 Å². The molecule has 1 saturated carbocycles. The molecule has 1 fully saturated rings. The van der Waals surface area contributed by atoms with Gasteiger partial charge in [-0.05, 0) is 31.6 Å². The molecule has 1 aliphatic rings. The summed E-state index contributed by atoms with van der Waals surface area (Å²) in [6.07, 6.45) is -3.19. The van der Waals surface area contributed by atoms with Gasteiger partial charge in [-0.1, -0.05) is 0 Å². The van der Waals surface area contributed by atoms with E-state index in [0.29, 0.717) is 12.8 Å². The van der Waals surface area contributed by atoms with E-state index < -0.39 is 22.3 Å². The molecule has 102 valence electrons. The molecule has 0 spiro atoms. The van der Waals surface area contributed by atoms with Gasteiger partial charge in [-0.3, -0.25) is 0 Å². The number of hydrogen-bond donors (Lipinski definition) is 1. The highest BCUT2D eigenvalue weighted by Crippen LogP contribution is 2.39. The quantitative estimate of drug-likeness (QED) is 0.847. The summed E-state index contributed by atoms with van der Waals surface area (Å²) in [6.45, 7) is 0.198. The molecule has 0 atom stereocenters. The maximum absolute atomic E-state index is 12.4. The number of halogens is 3. The van der Waals surface area contributed by atoms with E-state index in [1.807, 2.05) is 0 Å². The third-order valence-corrected chi connectivity index (χ3v) is 4.28. The van der Waals surface area contributed by atoms with E-state index in [1.54, 1.807) is 0 Å². The van der Waals surface area contributed by atoms with E-state index in [2.05, 4.69) is 0 Å². The van der Waals surface area contributed by atoms with Gasteiger partial charge >= 0.3 is 6.18 Å². The van der Waals surface area contributed by atoms with E-state index >= 15 is 0 Å². The van der Waals surface area contributed by atoms with Gasteiger partial charge in [0.05, 0.1) is 5.92 Å². The molecule has 0 aromatic heterocycles. The van der Waals surface area contributed by atoms with Gasteiger partial charge in [-0.25, -0.2) is 5.14 Å². The molecule has 0 saturated heterocycles. The highest BCUT2D eigenvalue weighted by molar-refractivity contribution is 7.86. The number of nitrogens with zero attached hydrogens (tertiary/aromatic N) is 1. The van der Waals surface area contributed by atoms with Crippen LogP contribution in [0.25, 0.3) is 0 Å². The summed E-state index contributed by atoms with van der Waals surface area (Å²) in [7, 11) is -2.39. The van der Waals surface area contributed by atoms with Crippen LogP contribution in [-0.4, -0.2) is 32.5 Å². The Balaban J connectivity index is 2.43. The number of alkyl halides is 3. The number of hydrogen-bond acceptors (Lipinski definition) is 2. The predicted octanol–water partition coefficient (Wildman–Crippen LogP) is 1.49. The third-order valence-electron chi connectivity index (χ3n) is 3.26. The molecule has 0 unspecified atom stereocenters. The van der Waals surface area contributed by atoms with Gasteiger partial charge < -0.3 is 0 Å². The van der Waals surface area contributed by atoms with Crippen LogP contribution in [0.2, 0.25) is 0 Å². The average molecular weight is 274 g/mol. The Bertz CT molecular complexity index is 348. The molecule has 1 aliphatic carbocycles. The normalized spacial score (nSPS) is 27.4. The van der Waals surface area contributed by atoms with Crippen molar-refractivity contribution in [2.24, 2.45) is 17.0 Å². The van der Waals surface area contributed by atoms with E-state index in [9.17, 15) is 21.6 Å². The summed E-state index contributed by atoms with van der Waals surface area (Å²) < 4.78 is 60.1. The Morgan fingerprint density at radius 2 is 1.71 bits per heavy atom. The van der Waals surface area contributed by atoms with Crippen LogP contribution in [-0.2, 0) is 10.2 Å². The van der Waals surface area contributed by atoms with Crippen molar-refractivity contribution in [1.82, 2.24) is 4.31 Å². The lowest BCUT2D eigenvalue weighted by Gasteiger charge is -2.31. The van der Waals surface area contributed by atoms with Gasteiger partial charge in [0.2, 0.25) is 0 Å². The summed E-state index contributed by atoms with van der Waals surface area (Å²) in [5.41, 5.74) is 0. The predicted molar refractivity (Wildman–Crippen MR) is 57.2 cm³/mol. The van der Waals surface area contributed by atoms with Crippen molar-refractivity contribution >= 4 is 10.2 Å².